The first-order chi connectivity index (χ1) is 12.5. The molecule has 1 aliphatic heterocycles. The fourth-order valence-corrected chi connectivity index (χ4v) is 5.14. The van der Waals surface area contributed by atoms with Gasteiger partial charge in [-0.05, 0) is 30.2 Å². The lowest BCUT2D eigenvalue weighted by Gasteiger charge is -2.39. The Bertz CT molecular complexity index is 874. The molecule has 5 nitrogen and oxygen atoms in total. The predicted molar refractivity (Wildman–Crippen MR) is 102 cm³/mol. The van der Waals surface area contributed by atoms with Crippen molar-refractivity contribution in [3.05, 3.63) is 71.3 Å². The zero-order valence-corrected chi connectivity index (χ0v) is 15.7. The average molecular weight is 369 g/mol. The highest BCUT2D eigenvalue weighted by Gasteiger charge is 2.32. The van der Waals surface area contributed by atoms with Gasteiger partial charge in [0.2, 0.25) is 10.0 Å². The predicted octanol–water partition coefficient (Wildman–Crippen LogP) is 2.59. The summed E-state index contributed by atoms with van der Waals surface area (Å²) in [5, 5.41) is 8.87. The highest BCUT2D eigenvalue weighted by atomic mass is 32.2. The van der Waals surface area contributed by atoms with Crippen LogP contribution in [-0.2, 0) is 22.3 Å². The normalized spacial score (nSPS) is 19.2. The molecule has 0 radical (unpaired) electrons. The van der Waals surface area contributed by atoms with Gasteiger partial charge in [0.1, 0.15) is 0 Å². The number of hydrogen-bond donors (Lipinski definition) is 0. The Kier molecular flexibility index (Phi) is 5.72. The summed E-state index contributed by atoms with van der Waals surface area (Å²) in [6, 6.07) is 18.9. The van der Waals surface area contributed by atoms with Gasteiger partial charge in [0.05, 0.1) is 17.4 Å². The van der Waals surface area contributed by atoms with E-state index in [2.05, 4.69) is 11.0 Å². The first-order valence-electron chi connectivity index (χ1n) is 8.73. The molecule has 1 fully saturated rings. The molecular weight excluding hydrogens is 346 g/mol. The smallest absolute Gasteiger partial charge is 0.218 e. The molecule has 1 aliphatic rings. The second-order valence-corrected chi connectivity index (χ2v) is 8.67. The third kappa shape index (κ3) is 4.50. The molecule has 0 bridgehead atoms. The first-order valence-corrected chi connectivity index (χ1v) is 10.3. The summed E-state index contributed by atoms with van der Waals surface area (Å²) >= 11 is 0. The van der Waals surface area contributed by atoms with Gasteiger partial charge in [0, 0.05) is 32.2 Å². The number of benzene rings is 2. The van der Waals surface area contributed by atoms with Crippen LogP contribution in [0.2, 0.25) is 0 Å². The van der Waals surface area contributed by atoms with Crippen molar-refractivity contribution in [2.24, 2.45) is 0 Å². The first kappa shape index (κ1) is 18.6. The van der Waals surface area contributed by atoms with Crippen LogP contribution in [0.25, 0.3) is 0 Å². The van der Waals surface area contributed by atoms with Crippen molar-refractivity contribution < 1.29 is 8.42 Å². The maximum Gasteiger partial charge on any atom is 0.218 e. The Labute approximate surface area is 155 Å². The monoisotopic (exact) mass is 369 g/mol. The summed E-state index contributed by atoms with van der Waals surface area (Å²) < 4.78 is 27.2. The van der Waals surface area contributed by atoms with Crippen molar-refractivity contribution in [2.75, 3.05) is 19.6 Å². The highest BCUT2D eigenvalue weighted by molar-refractivity contribution is 7.88. The van der Waals surface area contributed by atoms with Gasteiger partial charge >= 0.3 is 0 Å². The molecule has 0 aliphatic carbocycles. The second kappa shape index (κ2) is 8.00. The zero-order valence-electron chi connectivity index (χ0n) is 14.9. The molecule has 2 aromatic carbocycles. The van der Waals surface area contributed by atoms with Gasteiger partial charge in [0.25, 0.3) is 0 Å². The van der Waals surface area contributed by atoms with Gasteiger partial charge < -0.3 is 0 Å². The summed E-state index contributed by atoms with van der Waals surface area (Å²) in [7, 11) is -3.32. The van der Waals surface area contributed by atoms with Crippen LogP contribution in [0.4, 0.5) is 0 Å². The third-order valence-electron chi connectivity index (χ3n) is 4.69. The van der Waals surface area contributed by atoms with E-state index in [9.17, 15) is 8.42 Å². The molecule has 26 heavy (non-hydrogen) atoms. The van der Waals surface area contributed by atoms with E-state index in [0.717, 1.165) is 17.7 Å². The average Bonchev–Trinajstić information content (AvgIpc) is 2.62. The van der Waals surface area contributed by atoms with Crippen molar-refractivity contribution in [3.63, 3.8) is 0 Å². The fraction of sp³-hybridized carbons (Fsp3) is 0.350. The fourth-order valence-electron chi connectivity index (χ4n) is 3.38. The van der Waals surface area contributed by atoms with Crippen molar-refractivity contribution in [1.29, 1.82) is 5.26 Å². The molecule has 0 aromatic heterocycles. The van der Waals surface area contributed by atoms with Gasteiger partial charge in [-0.15, -0.1) is 0 Å². The minimum Gasteiger partial charge on any atom is -0.296 e. The van der Waals surface area contributed by atoms with E-state index < -0.39 is 10.0 Å². The topological polar surface area (TPSA) is 64.4 Å². The summed E-state index contributed by atoms with van der Waals surface area (Å²) in [5.41, 5.74) is 2.61. The van der Waals surface area contributed by atoms with E-state index in [0.29, 0.717) is 25.2 Å². The van der Waals surface area contributed by atoms with Crippen LogP contribution in [0.1, 0.15) is 23.6 Å². The lowest BCUT2D eigenvalue weighted by atomic mass is 10.1. The maximum absolute atomic E-state index is 12.8. The van der Waals surface area contributed by atoms with Crippen LogP contribution in [-0.4, -0.2) is 43.3 Å². The van der Waals surface area contributed by atoms with Gasteiger partial charge in [-0.1, -0.05) is 42.5 Å². The van der Waals surface area contributed by atoms with E-state index in [4.69, 9.17) is 5.26 Å². The number of sulfonamides is 1. The minimum absolute atomic E-state index is 0.0494. The molecule has 6 heteroatoms. The Balaban J connectivity index is 1.61. The molecule has 1 atom stereocenters. The maximum atomic E-state index is 12.8. The molecule has 0 spiro atoms. The van der Waals surface area contributed by atoms with Crippen molar-refractivity contribution >= 4 is 10.0 Å². The van der Waals surface area contributed by atoms with E-state index in [-0.39, 0.29) is 11.8 Å². The number of nitriles is 1. The number of piperazine rings is 1. The van der Waals surface area contributed by atoms with E-state index in [1.54, 1.807) is 4.31 Å². The van der Waals surface area contributed by atoms with Gasteiger partial charge in [0.15, 0.2) is 0 Å². The van der Waals surface area contributed by atoms with Crippen LogP contribution < -0.4 is 0 Å². The standard InChI is InChI=1S/C20H23N3O2S/c1-17-14-22(15-19-9-7-18(13-21)8-10-19)11-12-23(17)26(24,25)16-20-5-3-2-4-6-20/h2-10,17H,11-12,14-16H2,1H3/t17-/m1/s1. The minimum atomic E-state index is -3.32. The van der Waals surface area contributed by atoms with Crippen LogP contribution in [0, 0.1) is 11.3 Å². The van der Waals surface area contributed by atoms with Crippen molar-refractivity contribution in [2.45, 2.75) is 25.3 Å². The lowest BCUT2D eigenvalue weighted by Crippen LogP contribution is -2.53. The molecule has 3 rings (SSSR count). The largest absolute Gasteiger partial charge is 0.296 e. The van der Waals surface area contributed by atoms with E-state index >= 15 is 0 Å². The number of rotatable bonds is 5. The lowest BCUT2D eigenvalue weighted by molar-refractivity contribution is 0.138. The Morgan fingerprint density at radius 2 is 1.73 bits per heavy atom. The molecule has 0 saturated carbocycles. The number of nitrogens with zero attached hydrogens (tertiary/aromatic N) is 3. The van der Waals surface area contributed by atoms with Crippen LogP contribution in [0.3, 0.4) is 0 Å². The van der Waals surface area contributed by atoms with Gasteiger partial charge in [-0.2, -0.15) is 9.57 Å². The summed E-state index contributed by atoms with van der Waals surface area (Å²) in [5.74, 6) is 0.0494. The zero-order chi connectivity index (χ0) is 18.6. The molecule has 1 saturated heterocycles. The Morgan fingerprint density at radius 1 is 1.04 bits per heavy atom. The SMILES string of the molecule is C[C@@H]1CN(Cc2ccc(C#N)cc2)CCN1S(=O)(=O)Cc1ccccc1. The molecule has 0 amide bonds. The van der Waals surface area contributed by atoms with Crippen LogP contribution in [0.5, 0.6) is 0 Å². The van der Waals surface area contributed by atoms with Gasteiger partial charge in [-0.25, -0.2) is 8.42 Å². The molecular formula is C20H23N3O2S. The van der Waals surface area contributed by atoms with E-state index in [1.165, 1.54) is 0 Å². The summed E-state index contributed by atoms with van der Waals surface area (Å²) in [6.45, 7) is 4.65. The van der Waals surface area contributed by atoms with Crippen LogP contribution >= 0.6 is 0 Å². The second-order valence-electron chi connectivity index (χ2n) is 6.75. The summed E-state index contributed by atoms with van der Waals surface area (Å²) in [6.07, 6.45) is 0. The molecule has 136 valence electrons. The number of hydrogen-bond acceptors (Lipinski definition) is 4. The van der Waals surface area contributed by atoms with E-state index in [1.807, 2.05) is 61.5 Å². The quantitative estimate of drug-likeness (QED) is 0.813. The Hall–Kier alpha value is -2.20. The molecule has 1 heterocycles. The Morgan fingerprint density at radius 3 is 2.35 bits per heavy atom. The van der Waals surface area contributed by atoms with Crippen molar-refractivity contribution in [1.82, 2.24) is 9.21 Å². The molecule has 0 N–H and O–H groups in total. The van der Waals surface area contributed by atoms with Crippen molar-refractivity contribution in [3.8, 4) is 6.07 Å². The highest BCUT2D eigenvalue weighted by Crippen LogP contribution is 2.19. The third-order valence-corrected chi connectivity index (χ3v) is 6.64. The van der Waals surface area contributed by atoms with Crippen LogP contribution in [0.15, 0.2) is 54.6 Å². The summed E-state index contributed by atoms with van der Waals surface area (Å²) in [4.78, 5) is 2.26. The molecule has 2 aromatic rings. The van der Waals surface area contributed by atoms with Gasteiger partial charge in [-0.3, -0.25) is 4.90 Å². The molecule has 0 unspecified atom stereocenters.